The highest BCUT2D eigenvalue weighted by Crippen LogP contribution is 2.24. The molecule has 1 heterocycles. The average molecular weight is 419 g/mol. The Morgan fingerprint density at radius 2 is 1.78 bits per heavy atom. The second-order valence-electron chi connectivity index (χ2n) is 5.90. The number of carbonyl (C=O) groups excluding carboxylic acids is 1. The fourth-order valence-electron chi connectivity index (χ4n) is 2.24. The van der Waals surface area contributed by atoms with Crippen molar-refractivity contribution in [2.45, 2.75) is 22.7 Å². The molecule has 1 N–H and O–H groups in total. The van der Waals surface area contributed by atoms with Gasteiger partial charge in [0.1, 0.15) is 5.82 Å². The Kier molecular flexibility index (Phi) is 6.82. The van der Waals surface area contributed by atoms with Crippen molar-refractivity contribution < 1.29 is 4.79 Å². The maximum Gasteiger partial charge on any atom is 0.234 e. The summed E-state index contributed by atoms with van der Waals surface area (Å²) in [5.41, 5.74) is 1.96. The van der Waals surface area contributed by atoms with E-state index in [0.717, 1.165) is 22.4 Å². The molecule has 2 aromatic carbocycles. The van der Waals surface area contributed by atoms with Crippen LogP contribution in [0.25, 0.3) is 0 Å². The van der Waals surface area contributed by atoms with Gasteiger partial charge in [-0.05, 0) is 43.3 Å². The van der Waals surface area contributed by atoms with Crippen LogP contribution in [0.2, 0.25) is 5.02 Å². The molecule has 0 unspecified atom stereocenters. The van der Waals surface area contributed by atoms with Gasteiger partial charge in [0.15, 0.2) is 5.16 Å². The zero-order valence-electron chi connectivity index (χ0n) is 15.0. The number of aryl methyl sites for hydroxylation is 1. The summed E-state index contributed by atoms with van der Waals surface area (Å²) in [6.45, 7) is 2.07. The predicted molar refractivity (Wildman–Crippen MR) is 113 cm³/mol. The van der Waals surface area contributed by atoms with Gasteiger partial charge in [0.2, 0.25) is 5.91 Å². The van der Waals surface area contributed by atoms with E-state index in [1.807, 2.05) is 11.6 Å². The number of aromatic nitrogens is 3. The van der Waals surface area contributed by atoms with Gasteiger partial charge in [0.05, 0.1) is 11.5 Å². The number of halogens is 1. The summed E-state index contributed by atoms with van der Waals surface area (Å²) in [7, 11) is 1.92. The number of nitrogens with one attached hydrogen (secondary N) is 1. The van der Waals surface area contributed by atoms with Crippen molar-refractivity contribution >= 4 is 46.7 Å². The molecule has 0 fully saturated rings. The number of thioether (sulfide) groups is 2. The van der Waals surface area contributed by atoms with E-state index >= 15 is 0 Å². The lowest BCUT2D eigenvalue weighted by atomic mass is 10.2. The summed E-state index contributed by atoms with van der Waals surface area (Å²) in [5.74, 6) is 1.77. The molecule has 0 saturated carbocycles. The second-order valence-corrected chi connectivity index (χ2v) is 8.33. The Morgan fingerprint density at radius 1 is 1.07 bits per heavy atom. The number of benzene rings is 2. The van der Waals surface area contributed by atoms with Crippen molar-refractivity contribution in [1.82, 2.24) is 14.8 Å². The van der Waals surface area contributed by atoms with Gasteiger partial charge >= 0.3 is 0 Å². The number of hydrogen-bond acceptors (Lipinski definition) is 5. The number of carbonyl (C=O) groups is 1. The minimum Gasteiger partial charge on any atom is -0.325 e. The average Bonchev–Trinajstić information content (AvgIpc) is 3.01. The van der Waals surface area contributed by atoms with E-state index in [0.29, 0.717) is 5.02 Å². The smallest absolute Gasteiger partial charge is 0.234 e. The van der Waals surface area contributed by atoms with Crippen molar-refractivity contribution in [3.05, 3.63) is 64.9 Å². The fraction of sp³-hybridized carbons (Fsp3) is 0.211. The van der Waals surface area contributed by atoms with Gasteiger partial charge in [-0.15, -0.1) is 22.0 Å². The SMILES string of the molecule is Cc1ccc(SCc2nnc(SCC(=O)Nc3ccc(Cl)cc3)n2C)cc1. The van der Waals surface area contributed by atoms with Crippen LogP contribution < -0.4 is 5.32 Å². The van der Waals surface area contributed by atoms with Crippen molar-refractivity contribution in [3.8, 4) is 0 Å². The summed E-state index contributed by atoms with van der Waals surface area (Å²) < 4.78 is 1.93. The lowest BCUT2D eigenvalue weighted by Crippen LogP contribution is -2.14. The van der Waals surface area contributed by atoms with Crippen molar-refractivity contribution in [2.24, 2.45) is 7.05 Å². The zero-order valence-corrected chi connectivity index (χ0v) is 17.4. The number of nitrogens with zero attached hydrogens (tertiary/aromatic N) is 3. The first-order chi connectivity index (χ1) is 13.0. The molecular weight excluding hydrogens is 400 g/mol. The molecule has 0 aliphatic rings. The quantitative estimate of drug-likeness (QED) is 0.558. The highest BCUT2D eigenvalue weighted by Gasteiger charge is 2.12. The fourth-order valence-corrected chi connectivity index (χ4v) is 3.97. The maximum atomic E-state index is 12.1. The molecular formula is C19H19ClN4OS2. The van der Waals surface area contributed by atoms with Gasteiger partial charge in [-0.2, -0.15) is 0 Å². The third kappa shape index (κ3) is 5.76. The van der Waals surface area contributed by atoms with E-state index in [1.54, 1.807) is 36.0 Å². The van der Waals surface area contributed by atoms with Crippen LogP contribution in [0.15, 0.2) is 58.6 Å². The van der Waals surface area contributed by atoms with E-state index in [-0.39, 0.29) is 11.7 Å². The number of hydrogen-bond donors (Lipinski definition) is 1. The summed E-state index contributed by atoms with van der Waals surface area (Å²) >= 11 is 8.92. The van der Waals surface area contributed by atoms with Gasteiger partial charge in [0.25, 0.3) is 0 Å². The summed E-state index contributed by atoms with van der Waals surface area (Å²) in [4.78, 5) is 13.3. The second kappa shape index (κ2) is 9.30. The molecule has 0 spiro atoms. The van der Waals surface area contributed by atoms with E-state index in [9.17, 15) is 4.79 Å². The first-order valence-corrected chi connectivity index (χ1v) is 10.6. The molecule has 27 heavy (non-hydrogen) atoms. The highest BCUT2D eigenvalue weighted by molar-refractivity contribution is 7.99. The van der Waals surface area contributed by atoms with Gasteiger partial charge in [0, 0.05) is 22.7 Å². The normalized spacial score (nSPS) is 10.8. The molecule has 0 aliphatic carbocycles. The van der Waals surface area contributed by atoms with Gasteiger partial charge in [-0.3, -0.25) is 4.79 Å². The third-order valence-electron chi connectivity index (χ3n) is 3.77. The summed E-state index contributed by atoms with van der Waals surface area (Å²) in [6.07, 6.45) is 0. The molecule has 0 aliphatic heterocycles. The Hall–Kier alpha value is -1.96. The molecule has 3 aromatic rings. The molecule has 140 valence electrons. The van der Waals surface area contributed by atoms with Crippen LogP contribution in [0.1, 0.15) is 11.4 Å². The Labute approximate surface area is 171 Å². The Morgan fingerprint density at radius 3 is 2.48 bits per heavy atom. The highest BCUT2D eigenvalue weighted by atomic mass is 35.5. The summed E-state index contributed by atoms with van der Waals surface area (Å²) in [6, 6.07) is 15.4. The van der Waals surface area contributed by atoms with Crippen molar-refractivity contribution in [2.75, 3.05) is 11.1 Å². The minimum atomic E-state index is -0.0964. The third-order valence-corrected chi connectivity index (χ3v) is 6.05. The number of amides is 1. The molecule has 0 bridgehead atoms. The molecule has 1 amide bonds. The Balaban J connectivity index is 1.51. The Bertz CT molecular complexity index is 910. The van der Waals surface area contributed by atoms with Crippen LogP contribution in [-0.4, -0.2) is 26.4 Å². The molecule has 0 saturated heterocycles. The van der Waals surface area contributed by atoms with Crippen LogP contribution in [-0.2, 0) is 17.6 Å². The number of rotatable bonds is 7. The van der Waals surface area contributed by atoms with Gasteiger partial charge in [-0.25, -0.2) is 0 Å². The molecule has 0 atom stereocenters. The maximum absolute atomic E-state index is 12.1. The topological polar surface area (TPSA) is 59.8 Å². The first kappa shape index (κ1) is 19.8. The molecule has 3 rings (SSSR count). The van der Waals surface area contributed by atoms with Crippen molar-refractivity contribution in [1.29, 1.82) is 0 Å². The molecule has 1 aromatic heterocycles. The minimum absolute atomic E-state index is 0.0964. The lowest BCUT2D eigenvalue weighted by Gasteiger charge is -2.06. The standard InChI is InChI=1S/C19H19ClN4OS2/c1-13-3-9-16(10-4-13)26-11-17-22-23-19(24(17)2)27-12-18(25)21-15-7-5-14(20)6-8-15/h3-10H,11-12H2,1-2H3,(H,21,25). The molecule has 0 radical (unpaired) electrons. The van der Waals surface area contributed by atoms with Crippen LogP contribution >= 0.6 is 35.1 Å². The van der Waals surface area contributed by atoms with Crippen LogP contribution in [0.5, 0.6) is 0 Å². The first-order valence-electron chi connectivity index (χ1n) is 8.27. The largest absolute Gasteiger partial charge is 0.325 e. The van der Waals surface area contributed by atoms with Crippen LogP contribution in [0.3, 0.4) is 0 Å². The van der Waals surface area contributed by atoms with E-state index in [2.05, 4.69) is 46.7 Å². The van der Waals surface area contributed by atoms with E-state index in [4.69, 9.17) is 11.6 Å². The van der Waals surface area contributed by atoms with Crippen LogP contribution in [0.4, 0.5) is 5.69 Å². The zero-order chi connectivity index (χ0) is 19.2. The number of anilines is 1. The van der Waals surface area contributed by atoms with Crippen molar-refractivity contribution in [3.63, 3.8) is 0 Å². The van der Waals surface area contributed by atoms with Gasteiger partial charge < -0.3 is 9.88 Å². The van der Waals surface area contributed by atoms with Crippen LogP contribution in [0, 0.1) is 6.92 Å². The van der Waals surface area contributed by atoms with E-state index < -0.39 is 0 Å². The van der Waals surface area contributed by atoms with E-state index in [1.165, 1.54) is 22.2 Å². The monoisotopic (exact) mass is 418 g/mol. The predicted octanol–water partition coefficient (Wildman–Crippen LogP) is 4.80. The molecule has 8 heteroatoms. The lowest BCUT2D eigenvalue weighted by molar-refractivity contribution is -0.113. The summed E-state index contributed by atoms with van der Waals surface area (Å²) in [5, 5.41) is 12.6. The molecule has 5 nitrogen and oxygen atoms in total. The van der Waals surface area contributed by atoms with Gasteiger partial charge in [-0.1, -0.05) is 41.1 Å².